The van der Waals surface area contributed by atoms with Gasteiger partial charge >= 0.3 is 11.7 Å². The van der Waals surface area contributed by atoms with Gasteiger partial charge in [-0.15, -0.1) is 0 Å². The molecule has 2 aromatic carbocycles. The third kappa shape index (κ3) is 7.57. The van der Waals surface area contributed by atoms with Gasteiger partial charge in [0.15, 0.2) is 6.61 Å². The maximum atomic E-state index is 13.5. The summed E-state index contributed by atoms with van der Waals surface area (Å²) in [7, 11) is 0. The molecule has 0 atom stereocenters. The molecule has 0 aliphatic carbocycles. The number of nitrogens with zero attached hydrogens (tertiary/aromatic N) is 1. The summed E-state index contributed by atoms with van der Waals surface area (Å²) in [5.74, 6) is -1.96. The number of rotatable bonds is 10. The number of aryl methyl sites for hydroxylation is 2. The molecule has 0 radical (unpaired) electrons. The zero-order valence-electron chi connectivity index (χ0n) is 15.9. The molecular weight excluding hydrogens is 383 g/mol. The molecule has 29 heavy (non-hydrogen) atoms. The molecule has 0 fully saturated rings. The topological polar surface area (TPSA) is 108 Å². The van der Waals surface area contributed by atoms with Crippen LogP contribution < -0.4 is 10.1 Å². The van der Waals surface area contributed by atoms with E-state index in [9.17, 15) is 24.1 Å². The fraction of sp³-hybridized carbons (Fsp3) is 0.300. The second-order valence-electron chi connectivity index (χ2n) is 6.22. The predicted molar refractivity (Wildman–Crippen MR) is 102 cm³/mol. The number of carbonyl (C=O) groups excluding carboxylic acids is 2. The molecule has 0 heterocycles. The van der Waals surface area contributed by atoms with E-state index in [4.69, 9.17) is 9.47 Å². The highest BCUT2D eigenvalue weighted by Gasteiger charge is 2.15. The van der Waals surface area contributed by atoms with E-state index in [1.165, 1.54) is 6.07 Å². The van der Waals surface area contributed by atoms with Crippen LogP contribution >= 0.6 is 0 Å². The van der Waals surface area contributed by atoms with Crippen molar-refractivity contribution < 1.29 is 28.4 Å². The number of nitrogens with one attached hydrogen (secondary N) is 1. The summed E-state index contributed by atoms with van der Waals surface area (Å²) in [6.45, 7) is 1.63. The molecule has 0 saturated carbocycles. The van der Waals surface area contributed by atoms with Gasteiger partial charge in [-0.3, -0.25) is 14.9 Å². The van der Waals surface area contributed by atoms with E-state index >= 15 is 0 Å². The van der Waals surface area contributed by atoms with Gasteiger partial charge in [0.25, 0.3) is 0 Å². The number of ether oxygens (including phenoxy) is 2. The number of esters is 1. The van der Waals surface area contributed by atoms with Crippen molar-refractivity contribution in [3.63, 3.8) is 0 Å². The van der Waals surface area contributed by atoms with Gasteiger partial charge in [-0.05, 0) is 25.0 Å². The van der Waals surface area contributed by atoms with Gasteiger partial charge < -0.3 is 14.8 Å². The fourth-order valence-electron chi connectivity index (χ4n) is 2.37. The SMILES string of the molecule is Cc1ccc(CCC(=O)NCCOC(=O)COc2ccc([N+](=O)[O-])c(F)c2)cc1. The Morgan fingerprint density at radius 1 is 1.17 bits per heavy atom. The standard InChI is InChI=1S/C20H21FN2O6/c1-14-2-4-15(5-3-14)6-9-19(24)22-10-11-28-20(25)13-29-16-7-8-18(23(26)27)17(21)12-16/h2-5,7-8,12H,6,9-11,13H2,1H3,(H,22,24). The number of hydrogen-bond acceptors (Lipinski definition) is 6. The number of halogens is 1. The molecule has 2 aromatic rings. The van der Waals surface area contributed by atoms with Gasteiger partial charge in [0.05, 0.1) is 11.5 Å². The molecule has 0 saturated heterocycles. The molecule has 0 spiro atoms. The Morgan fingerprint density at radius 3 is 2.55 bits per heavy atom. The lowest BCUT2D eigenvalue weighted by atomic mass is 10.1. The van der Waals surface area contributed by atoms with E-state index in [2.05, 4.69) is 5.32 Å². The maximum Gasteiger partial charge on any atom is 0.344 e. The van der Waals surface area contributed by atoms with Crippen LogP contribution in [0.15, 0.2) is 42.5 Å². The van der Waals surface area contributed by atoms with Gasteiger partial charge in [-0.2, -0.15) is 4.39 Å². The van der Waals surface area contributed by atoms with Gasteiger partial charge in [-0.1, -0.05) is 29.8 Å². The third-order valence-corrected chi connectivity index (χ3v) is 3.92. The van der Waals surface area contributed by atoms with Crippen LogP contribution in [0.2, 0.25) is 0 Å². The molecule has 0 bridgehead atoms. The lowest BCUT2D eigenvalue weighted by Gasteiger charge is -2.08. The van der Waals surface area contributed by atoms with E-state index in [0.717, 1.165) is 23.3 Å². The molecule has 154 valence electrons. The molecule has 0 unspecified atom stereocenters. The number of nitro benzene ring substituents is 1. The lowest BCUT2D eigenvalue weighted by molar-refractivity contribution is -0.387. The van der Waals surface area contributed by atoms with Crippen molar-refractivity contribution in [3.8, 4) is 5.75 Å². The molecule has 0 aliphatic rings. The first-order chi connectivity index (χ1) is 13.8. The van der Waals surface area contributed by atoms with Gasteiger partial charge in [0, 0.05) is 18.6 Å². The highest BCUT2D eigenvalue weighted by molar-refractivity contribution is 5.76. The smallest absolute Gasteiger partial charge is 0.344 e. The Labute approximate surface area is 166 Å². The quantitative estimate of drug-likeness (QED) is 0.282. The number of carbonyl (C=O) groups is 2. The van der Waals surface area contributed by atoms with Crippen LogP contribution in [0.3, 0.4) is 0 Å². The first-order valence-corrected chi connectivity index (χ1v) is 8.90. The Balaban J connectivity index is 1.60. The average Bonchev–Trinajstić information content (AvgIpc) is 2.69. The lowest BCUT2D eigenvalue weighted by Crippen LogP contribution is -2.29. The zero-order valence-corrected chi connectivity index (χ0v) is 15.9. The minimum atomic E-state index is -1.06. The first kappa shape index (κ1) is 21.8. The fourth-order valence-corrected chi connectivity index (χ4v) is 2.37. The van der Waals surface area contributed by atoms with Crippen LogP contribution in [0.25, 0.3) is 0 Å². The van der Waals surface area contributed by atoms with E-state index in [1.807, 2.05) is 31.2 Å². The van der Waals surface area contributed by atoms with Crippen LogP contribution in [0.5, 0.6) is 5.75 Å². The molecule has 1 N–H and O–H groups in total. The van der Waals surface area contributed by atoms with Gasteiger partial charge in [-0.25, -0.2) is 4.79 Å². The number of amides is 1. The summed E-state index contributed by atoms with van der Waals surface area (Å²) < 4.78 is 23.4. The summed E-state index contributed by atoms with van der Waals surface area (Å²) in [6.07, 6.45) is 0.942. The maximum absolute atomic E-state index is 13.5. The molecule has 0 aromatic heterocycles. The van der Waals surface area contributed by atoms with Crippen molar-refractivity contribution in [1.29, 1.82) is 0 Å². The minimum Gasteiger partial charge on any atom is -0.482 e. The number of nitro groups is 1. The molecule has 1 amide bonds. The van der Waals surface area contributed by atoms with Crippen molar-refractivity contribution in [2.45, 2.75) is 19.8 Å². The summed E-state index contributed by atoms with van der Waals surface area (Å²) in [6, 6.07) is 10.9. The van der Waals surface area contributed by atoms with E-state index < -0.39 is 29.0 Å². The van der Waals surface area contributed by atoms with Gasteiger partial charge in [0.1, 0.15) is 12.4 Å². The van der Waals surface area contributed by atoms with Crippen molar-refractivity contribution in [2.75, 3.05) is 19.8 Å². The van der Waals surface area contributed by atoms with Crippen molar-refractivity contribution in [2.24, 2.45) is 0 Å². The van der Waals surface area contributed by atoms with Crippen LogP contribution in [-0.2, 0) is 20.7 Å². The van der Waals surface area contributed by atoms with E-state index in [1.54, 1.807) is 0 Å². The van der Waals surface area contributed by atoms with Crippen molar-refractivity contribution in [3.05, 3.63) is 69.5 Å². The monoisotopic (exact) mass is 404 g/mol. The summed E-state index contributed by atoms with van der Waals surface area (Å²) >= 11 is 0. The zero-order chi connectivity index (χ0) is 21.2. The largest absolute Gasteiger partial charge is 0.482 e. The summed E-state index contributed by atoms with van der Waals surface area (Å²) in [4.78, 5) is 33.1. The molecule has 0 aliphatic heterocycles. The normalized spacial score (nSPS) is 10.3. The Morgan fingerprint density at radius 2 is 1.90 bits per heavy atom. The highest BCUT2D eigenvalue weighted by atomic mass is 19.1. The molecule has 8 nitrogen and oxygen atoms in total. The van der Waals surface area contributed by atoms with E-state index in [0.29, 0.717) is 12.8 Å². The Kier molecular flexibility index (Phi) is 8.08. The number of hydrogen-bond donors (Lipinski definition) is 1. The van der Waals surface area contributed by atoms with Gasteiger partial charge in [0.2, 0.25) is 11.7 Å². The average molecular weight is 404 g/mol. The van der Waals surface area contributed by atoms with Crippen LogP contribution in [-0.4, -0.2) is 36.6 Å². The second-order valence-corrected chi connectivity index (χ2v) is 6.22. The number of benzene rings is 2. The van der Waals surface area contributed by atoms with Crippen LogP contribution in [0, 0.1) is 22.9 Å². The minimum absolute atomic E-state index is 0.0329. The third-order valence-electron chi connectivity index (χ3n) is 3.92. The molecule has 9 heteroatoms. The Hall–Kier alpha value is -3.49. The predicted octanol–water partition coefficient (Wildman–Crippen LogP) is 2.71. The van der Waals surface area contributed by atoms with Crippen molar-refractivity contribution in [1.82, 2.24) is 5.32 Å². The summed E-state index contributed by atoms with van der Waals surface area (Å²) in [5, 5.41) is 13.2. The second kappa shape index (κ2) is 10.7. The van der Waals surface area contributed by atoms with Crippen LogP contribution in [0.4, 0.5) is 10.1 Å². The van der Waals surface area contributed by atoms with Crippen molar-refractivity contribution >= 4 is 17.6 Å². The highest BCUT2D eigenvalue weighted by Crippen LogP contribution is 2.22. The van der Waals surface area contributed by atoms with Crippen LogP contribution in [0.1, 0.15) is 17.5 Å². The molecule has 2 rings (SSSR count). The Bertz CT molecular complexity index is 870. The molecular formula is C20H21FN2O6. The van der Waals surface area contributed by atoms with E-state index in [-0.39, 0.29) is 24.8 Å². The first-order valence-electron chi connectivity index (χ1n) is 8.90. The summed E-state index contributed by atoms with van der Waals surface area (Å²) in [5.41, 5.74) is 1.54.